The van der Waals surface area contributed by atoms with E-state index in [1.54, 1.807) is 20.8 Å². The van der Waals surface area contributed by atoms with E-state index in [4.69, 9.17) is 4.52 Å². The Morgan fingerprint density at radius 1 is 1.10 bits per heavy atom. The van der Waals surface area contributed by atoms with Crippen molar-refractivity contribution in [3.05, 3.63) is 11.8 Å². The normalized spacial score (nSPS) is 20.3. The van der Waals surface area contributed by atoms with Crippen LogP contribution in [0.2, 0.25) is 0 Å². The number of nitrogens with zero attached hydrogens (tertiary/aromatic N) is 4. The fourth-order valence-corrected chi connectivity index (χ4v) is 3.88. The van der Waals surface area contributed by atoms with Gasteiger partial charge in [0.05, 0.1) is 0 Å². The molecule has 0 aliphatic carbocycles. The minimum absolute atomic E-state index is 0.111. The monoisotopic (exact) mass is 419 g/mol. The molecule has 0 unspecified atom stereocenters. The predicted molar refractivity (Wildman–Crippen MR) is 112 cm³/mol. The number of nitrogens with one attached hydrogen (secondary N) is 1. The Morgan fingerprint density at radius 3 is 2.37 bits per heavy atom. The molecule has 9 nitrogen and oxygen atoms in total. The maximum absolute atomic E-state index is 13.1. The number of hydrogen-bond donors (Lipinski definition) is 1. The summed E-state index contributed by atoms with van der Waals surface area (Å²) in [6, 6.07) is 1.07. The number of amides is 4. The zero-order valence-corrected chi connectivity index (χ0v) is 18.4. The zero-order chi connectivity index (χ0) is 21.9. The van der Waals surface area contributed by atoms with E-state index >= 15 is 0 Å². The molecule has 1 aromatic rings. The van der Waals surface area contributed by atoms with Gasteiger partial charge in [0, 0.05) is 50.6 Å². The fraction of sp³-hybridized carbons (Fsp3) is 0.714. The largest absolute Gasteiger partial charge is 0.359 e. The van der Waals surface area contributed by atoms with Crippen molar-refractivity contribution in [2.24, 2.45) is 0 Å². The van der Waals surface area contributed by atoms with Crippen molar-refractivity contribution in [3.63, 3.8) is 0 Å². The van der Waals surface area contributed by atoms with Gasteiger partial charge >= 0.3 is 6.03 Å². The number of hydrogen-bond acceptors (Lipinski definition) is 5. The van der Waals surface area contributed by atoms with Gasteiger partial charge in [-0.25, -0.2) is 4.79 Å². The standard InChI is InChI=1S/C21H33N5O4/c1-5-18(27)24-10-12-25(13-11-24)20(29)26-9-7-6-8-15(26)19(28)22-17-14-16(30-23-17)21(2,3)4/h14-15H,5-13H2,1-4H3,(H,22,23,28)/t15-/m0/s1. The molecule has 2 aliphatic rings. The predicted octanol–water partition coefficient (Wildman–Crippen LogP) is 2.44. The first-order valence-electron chi connectivity index (χ1n) is 10.8. The van der Waals surface area contributed by atoms with Crippen molar-refractivity contribution < 1.29 is 18.9 Å². The summed E-state index contributed by atoms with van der Waals surface area (Å²) >= 11 is 0. The van der Waals surface area contributed by atoms with Crippen molar-refractivity contribution in [2.45, 2.75) is 64.8 Å². The van der Waals surface area contributed by atoms with Crippen LogP contribution in [0.1, 0.15) is 59.1 Å². The summed E-state index contributed by atoms with van der Waals surface area (Å²) in [7, 11) is 0. The van der Waals surface area contributed by atoms with Gasteiger partial charge in [0.1, 0.15) is 11.8 Å². The summed E-state index contributed by atoms with van der Waals surface area (Å²) in [5, 5.41) is 6.76. The Morgan fingerprint density at radius 2 is 1.77 bits per heavy atom. The number of piperidine rings is 1. The number of piperazine rings is 1. The molecule has 2 aliphatic heterocycles. The minimum Gasteiger partial charge on any atom is -0.359 e. The van der Waals surface area contributed by atoms with Crippen LogP contribution in [0.3, 0.4) is 0 Å². The molecule has 0 radical (unpaired) electrons. The van der Waals surface area contributed by atoms with Gasteiger partial charge in [-0.2, -0.15) is 0 Å². The number of aromatic nitrogens is 1. The number of likely N-dealkylation sites (tertiary alicyclic amines) is 1. The van der Waals surface area contributed by atoms with Crippen LogP contribution >= 0.6 is 0 Å². The topological polar surface area (TPSA) is 99.0 Å². The van der Waals surface area contributed by atoms with Crippen LogP contribution in [0.25, 0.3) is 0 Å². The van der Waals surface area contributed by atoms with Gasteiger partial charge in [-0.1, -0.05) is 32.9 Å². The van der Waals surface area contributed by atoms with Crippen LogP contribution < -0.4 is 5.32 Å². The molecule has 1 atom stereocenters. The van der Waals surface area contributed by atoms with E-state index in [0.717, 1.165) is 12.8 Å². The van der Waals surface area contributed by atoms with Gasteiger partial charge in [0.15, 0.2) is 5.82 Å². The van der Waals surface area contributed by atoms with Crippen LogP contribution in [-0.4, -0.2) is 76.5 Å². The fourth-order valence-electron chi connectivity index (χ4n) is 3.88. The number of anilines is 1. The van der Waals surface area contributed by atoms with E-state index < -0.39 is 6.04 Å². The molecule has 3 rings (SSSR count). The summed E-state index contributed by atoms with van der Waals surface area (Å²) in [5.74, 6) is 0.930. The second kappa shape index (κ2) is 9.06. The molecule has 3 heterocycles. The van der Waals surface area contributed by atoms with Gasteiger partial charge in [0.25, 0.3) is 0 Å². The van der Waals surface area contributed by atoms with Crippen molar-refractivity contribution in [3.8, 4) is 0 Å². The lowest BCUT2D eigenvalue weighted by Gasteiger charge is -2.41. The van der Waals surface area contributed by atoms with Crippen LogP contribution in [0, 0.1) is 0 Å². The van der Waals surface area contributed by atoms with Crippen molar-refractivity contribution >= 4 is 23.7 Å². The highest BCUT2D eigenvalue weighted by Crippen LogP contribution is 2.25. The Bertz CT molecular complexity index is 777. The van der Waals surface area contributed by atoms with Crippen molar-refractivity contribution in [1.82, 2.24) is 19.9 Å². The maximum Gasteiger partial charge on any atom is 0.320 e. The quantitative estimate of drug-likeness (QED) is 0.811. The molecule has 0 spiro atoms. The van der Waals surface area contributed by atoms with E-state index in [-0.39, 0.29) is 23.3 Å². The van der Waals surface area contributed by atoms with Gasteiger partial charge in [0.2, 0.25) is 11.8 Å². The van der Waals surface area contributed by atoms with Gasteiger partial charge in [-0.05, 0) is 19.3 Å². The summed E-state index contributed by atoms with van der Waals surface area (Å²) in [4.78, 5) is 43.2. The second-order valence-electron chi connectivity index (χ2n) is 9.02. The highest BCUT2D eigenvalue weighted by atomic mass is 16.5. The molecular formula is C21H33N5O4. The summed E-state index contributed by atoms with van der Waals surface area (Å²) in [6.45, 7) is 10.5. The molecule has 30 heavy (non-hydrogen) atoms. The van der Waals surface area contributed by atoms with E-state index in [1.807, 2.05) is 27.7 Å². The molecule has 2 saturated heterocycles. The van der Waals surface area contributed by atoms with Gasteiger partial charge < -0.3 is 24.5 Å². The van der Waals surface area contributed by atoms with Gasteiger partial charge in [-0.3, -0.25) is 9.59 Å². The minimum atomic E-state index is -0.531. The SMILES string of the molecule is CCC(=O)N1CCN(C(=O)N2CCCC[C@H]2C(=O)Nc2cc(C(C)(C)C)on2)CC1. The lowest BCUT2D eigenvalue weighted by atomic mass is 9.93. The van der Waals surface area contributed by atoms with Crippen LogP contribution in [-0.2, 0) is 15.0 Å². The first-order chi connectivity index (χ1) is 14.2. The molecule has 0 aromatic carbocycles. The molecule has 166 valence electrons. The smallest absolute Gasteiger partial charge is 0.320 e. The number of rotatable bonds is 3. The van der Waals surface area contributed by atoms with Crippen molar-refractivity contribution in [1.29, 1.82) is 0 Å². The average molecular weight is 420 g/mol. The number of carbonyl (C=O) groups excluding carboxylic acids is 3. The highest BCUT2D eigenvalue weighted by molar-refractivity contribution is 5.96. The molecule has 2 fully saturated rings. The molecule has 4 amide bonds. The molecule has 0 saturated carbocycles. The lowest BCUT2D eigenvalue weighted by Crippen LogP contribution is -2.58. The van der Waals surface area contributed by atoms with Crippen LogP contribution in [0.15, 0.2) is 10.6 Å². The Balaban J connectivity index is 1.63. The molecule has 9 heteroatoms. The lowest BCUT2D eigenvalue weighted by molar-refractivity contribution is -0.132. The Labute approximate surface area is 177 Å². The molecular weight excluding hydrogens is 386 g/mol. The van der Waals surface area contributed by atoms with Crippen LogP contribution in [0.4, 0.5) is 10.6 Å². The van der Waals surface area contributed by atoms with Crippen molar-refractivity contribution in [2.75, 3.05) is 38.0 Å². The zero-order valence-electron chi connectivity index (χ0n) is 18.4. The molecule has 1 N–H and O–H groups in total. The average Bonchev–Trinajstić information content (AvgIpc) is 3.22. The Kier molecular flexibility index (Phi) is 6.67. The summed E-state index contributed by atoms with van der Waals surface area (Å²) in [6.07, 6.45) is 2.87. The third-order valence-corrected chi connectivity index (χ3v) is 5.76. The first-order valence-corrected chi connectivity index (χ1v) is 10.8. The van der Waals surface area contributed by atoms with E-state index in [0.29, 0.717) is 57.1 Å². The summed E-state index contributed by atoms with van der Waals surface area (Å²) in [5.41, 5.74) is -0.204. The van der Waals surface area contributed by atoms with E-state index in [2.05, 4.69) is 10.5 Å². The highest BCUT2D eigenvalue weighted by Gasteiger charge is 2.36. The third-order valence-electron chi connectivity index (χ3n) is 5.76. The van der Waals surface area contributed by atoms with E-state index in [9.17, 15) is 14.4 Å². The summed E-state index contributed by atoms with van der Waals surface area (Å²) < 4.78 is 5.34. The number of carbonyl (C=O) groups is 3. The second-order valence-corrected chi connectivity index (χ2v) is 9.02. The van der Waals surface area contributed by atoms with Gasteiger partial charge in [-0.15, -0.1) is 0 Å². The Hall–Kier alpha value is -2.58. The third kappa shape index (κ3) is 4.94. The first kappa shape index (κ1) is 22.1. The molecule has 0 bridgehead atoms. The van der Waals surface area contributed by atoms with Crippen LogP contribution in [0.5, 0.6) is 0 Å². The number of urea groups is 1. The van der Waals surface area contributed by atoms with E-state index in [1.165, 1.54) is 0 Å². The molecule has 1 aromatic heterocycles. The maximum atomic E-state index is 13.1.